The van der Waals surface area contributed by atoms with Gasteiger partial charge < -0.3 is 10.2 Å². The number of hydrogen-bond acceptors (Lipinski definition) is 5. The van der Waals surface area contributed by atoms with E-state index in [0.29, 0.717) is 17.1 Å². The van der Waals surface area contributed by atoms with Crippen LogP contribution in [0.3, 0.4) is 0 Å². The van der Waals surface area contributed by atoms with Crippen LogP contribution >= 0.6 is 11.8 Å². The van der Waals surface area contributed by atoms with Crippen molar-refractivity contribution in [3.63, 3.8) is 0 Å². The van der Waals surface area contributed by atoms with E-state index in [1.54, 1.807) is 6.20 Å². The Bertz CT molecular complexity index is 922. The third kappa shape index (κ3) is 4.21. The van der Waals surface area contributed by atoms with Gasteiger partial charge in [-0.2, -0.15) is 5.10 Å². The quantitative estimate of drug-likeness (QED) is 0.846. The van der Waals surface area contributed by atoms with Crippen LogP contribution in [0, 0.1) is 6.92 Å². The number of thioether (sulfide) groups is 1. The molecule has 0 saturated carbocycles. The minimum Gasteiger partial charge on any atom is -0.350 e. The Morgan fingerprint density at radius 1 is 1.26 bits per heavy atom. The van der Waals surface area contributed by atoms with Crippen LogP contribution in [0.2, 0.25) is 0 Å². The number of nitrogens with zero attached hydrogens (tertiary/aromatic N) is 3. The van der Waals surface area contributed by atoms with Gasteiger partial charge in [0, 0.05) is 12.6 Å². The molecule has 0 radical (unpaired) electrons. The van der Waals surface area contributed by atoms with Crippen molar-refractivity contribution in [1.82, 2.24) is 15.1 Å². The predicted molar refractivity (Wildman–Crippen MR) is 105 cm³/mol. The summed E-state index contributed by atoms with van der Waals surface area (Å²) in [6.07, 6.45) is 1.55. The summed E-state index contributed by atoms with van der Waals surface area (Å²) in [6.45, 7) is 5.90. The second-order valence-electron chi connectivity index (χ2n) is 6.73. The van der Waals surface area contributed by atoms with Crippen LogP contribution < -0.4 is 15.8 Å². The lowest BCUT2D eigenvalue weighted by molar-refractivity contribution is -0.122. The van der Waals surface area contributed by atoms with E-state index in [0.717, 1.165) is 15.8 Å². The van der Waals surface area contributed by atoms with Crippen LogP contribution in [0.5, 0.6) is 0 Å². The first-order valence-electron chi connectivity index (χ1n) is 8.74. The molecule has 0 spiro atoms. The number of carbonyl (C=O) groups is 2. The van der Waals surface area contributed by atoms with Gasteiger partial charge in [0.25, 0.3) is 5.56 Å². The fourth-order valence-electron chi connectivity index (χ4n) is 2.88. The Hall–Kier alpha value is -2.61. The molecule has 8 heteroatoms. The van der Waals surface area contributed by atoms with E-state index in [-0.39, 0.29) is 30.2 Å². The van der Waals surface area contributed by atoms with E-state index in [9.17, 15) is 14.4 Å². The normalized spacial score (nSPS) is 13.6. The molecule has 142 valence electrons. The van der Waals surface area contributed by atoms with Crippen LogP contribution in [0.1, 0.15) is 25.0 Å². The van der Waals surface area contributed by atoms with E-state index in [1.807, 2.05) is 45.0 Å². The molecule has 3 rings (SSSR count). The molecule has 1 aromatic heterocycles. The minimum absolute atomic E-state index is 0.110. The molecule has 0 bridgehead atoms. The van der Waals surface area contributed by atoms with Crippen molar-refractivity contribution in [2.45, 2.75) is 44.8 Å². The molecule has 2 heterocycles. The van der Waals surface area contributed by atoms with Crippen molar-refractivity contribution >= 4 is 29.3 Å². The van der Waals surface area contributed by atoms with E-state index < -0.39 is 5.56 Å². The van der Waals surface area contributed by atoms with E-state index in [1.165, 1.54) is 16.7 Å². The first kappa shape index (κ1) is 19.2. The van der Waals surface area contributed by atoms with Crippen molar-refractivity contribution in [2.24, 2.45) is 0 Å². The molecule has 1 N–H and O–H groups in total. The van der Waals surface area contributed by atoms with Gasteiger partial charge in [0.2, 0.25) is 11.8 Å². The summed E-state index contributed by atoms with van der Waals surface area (Å²) in [5.74, 6) is -0.134. The van der Waals surface area contributed by atoms with Crippen molar-refractivity contribution in [2.75, 3.05) is 10.7 Å². The molecular weight excluding hydrogens is 364 g/mol. The maximum absolute atomic E-state index is 12.8. The Morgan fingerprint density at radius 3 is 2.63 bits per heavy atom. The van der Waals surface area contributed by atoms with Gasteiger partial charge in [-0.1, -0.05) is 29.8 Å². The zero-order valence-corrected chi connectivity index (χ0v) is 16.4. The Morgan fingerprint density at radius 2 is 1.96 bits per heavy atom. The fourth-order valence-corrected chi connectivity index (χ4v) is 3.74. The van der Waals surface area contributed by atoms with Gasteiger partial charge in [-0.05, 0) is 26.3 Å². The SMILES string of the molecule is Cc1ccc(CNC(=O)Cn2ncc3c(c2=O)N(C(C)C)C(=O)CS3)cc1. The van der Waals surface area contributed by atoms with Gasteiger partial charge in [-0.25, -0.2) is 4.68 Å². The maximum atomic E-state index is 12.8. The van der Waals surface area contributed by atoms with Crippen molar-refractivity contribution in [1.29, 1.82) is 0 Å². The molecule has 0 saturated heterocycles. The van der Waals surface area contributed by atoms with E-state index >= 15 is 0 Å². The number of benzene rings is 1. The Labute approximate surface area is 161 Å². The molecule has 27 heavy (non-hydrogen) atoms. The number of carbonyl (C=O) groups excluding carboxylic acids is 2. The van der Waals surface area contributed by atoms with Gasteiger partial charge in [0.1, 0.15) is 12.2 Å². The molecule has 1 aliphatic heterocycles. The molecular formula is C19H22N4O3S. The molecule has 1 aromatic carbocycles. The minimum atomic E-state index is -0.424. The zero-order valence-electron chi connectivity index (χ0n) is 15.6. The molecule has 0 aliphatic carbocycles. The van der Waals surface area contributed by atoms with Gasteiger partial charge in [0.15, 0.2) is 0 Å². The topological polar surface area (TPSA) is 84.3 Å². The lowest BCUT2D eigenvalue weighted by Crippen LogP contribution is -2.46. The maximum Gasteiger partial charge on any atom is 0.292 e. The van der Waals surface area contributed by atoms with Crippen molar-refractivity contribution < 1.29 is 9.59 Å². The van der Waals surface area contributed by atoms with Crippen LogP contribution in [-0.2, 0) is 22.7 Å². The largest absolute Gasteiger partial charge is 0.350 e. The number of anilines is 1. The van der Waals surface area contributed by atoms with Crippen LogP contribution in [0.4, 0.5) is 5.69 Å². The molecule has 0 atom stereocenters. The lowest BCUT2D eigenvalue weighted by Gasteiger charge is -2.31. The highest BCUT2D eigenvalue weighted by molar-refractivity contribution is 8.00. The summed E-state index contributed by atoms with van der Waals surface area (Å²) < 4.78 is 1.11. The highest BCUT2D eigenvalue weighted by Gasteiger charge is 2.30. The van der Waals surface area contributed by atoms with Crippen LogP contribution in [-0.4, -0.2) is 33.4 Å². The number of aryl methyl sites for hydroxylation is 1. The predicted octanol–water partition coefficient (Wildman–Crippen LogP) is 1.72. The zero-order chi connectivity index (χ0) is 19.6. The number of aromatic nitrogens is 2. The molecule has 1 aliphatic rings. The second-order valence-corrected chi connectivity index (χ2v) is 7.75. The van der Waals surface area contributed by atoms with Gasteiger partial charge in [0.05, 0.1) is 16.8 Å². The van der Waals surface area contributed by atoms with Crippen molar-refractivity contribution in [3.05, 3.63) is 51.9 Å². The average Bonchev–Trinajstić information content (AvgIpc) is 2.63. The number of rotatable bonds is 5. The standard InChI is InChI=1S/C19H22N4O3S/c1-12(2)23-17(25)11-27-15-9-21-22(19(26)18(15)23)10-16(24)20-8-14-6-4-13(3)5-7-14/h4-7,9,12H,8,10-11H2,1-3H3,(H,20,24). The summed E-state index contributed by atoms with van der Waals surface area (Å²) in [5, 5.41) is 6.89. The third-order valence-electron chi connectivity index (χ3n) is 4.27. The molecule has 0 unspecified atom stereocenters. The second kappa shape index (κ2) is 7.96. The van der Waals surface area contributed by atoms with Gasteiger partial charge in [-0.3, -0.25) is 14.4 Å². The van der Waals surface area contributed by atoms with Crippen LogP contribution in [0.15, 0.2) is 40.2 Å². The van der Waals surface area contributed by atoms with Crippen LogP contribution in [0.25, 0.3) is 0 Å². The highest BCUT2D eigenvalue weighted by atomic mass is 32.2. The average molecular weight is 386 g/mol. The van der Waals surface area contributed by atoms with Crippen molar-refractivity contribution in [3.8, 4) is 0 Å². The lowest BCUT2D eigenvalue weighted by atomic mass is 10.1. The monoisotopic (exact) mass is 386 g/mol. The number of hydrogen-bond donors (Lipinski definition) is 1. The molecule has 2 aromatic rings. The Kier molecular flexibility index (Phi) is 5.65. The smallest absolute Gasteiger partial charge is 0.292 e. The fraction of sp³-hybridized carbons (Fsp3) is 0.368. The summed E-state index contributed by atoms with van der Waals surface area (Å²) in [4.78, 5) is 39.5. The summed E-state index contributed by atoms with van der Waals surface area (Å²) in [7, 11) is 0. The summed E-state index contributed by atoms with van der Waals surface area (Å²) in [6, 6.07) is 7.71. The summed E-state index contributed by atoms with van der Waals surface area (Å²) >= 11 is 1.30. The van der Waals surface area contributed by atoms with E-state index in [2.05, 4.69) is 10.4 Å². The Balaban J connectivity index is 1.76. The first-order valence-corrected chi connectivity index (χ1v) is 9.72. The molecule has 0 fully saturated rings. The number of amides is 2. The van der Waals surface area contributed by atoms with E-state index in [4.69, 9.17) is 0 Å². The molecule has 2 amide bonds. The highest BCUT2D eigenvalue weighted by Crippen LogP contribution is 2.32. The molecule has 7 nitrogen and oxygen atoms in total. The number of fused-ring (bicyclic) bond motifs is 1. The summed E-state index contributed by atoms with van der Waals surface area (Å²) in [5.41, 5.74) is 2.02. The van der Waals surface area contributed by atoms with Gasteiger partial charge in [-0.15, -0.1) is 11.8 Å². The third-order valence-corrected chi connectivity index (χ3v) is 5.27. The first-order chi connectivity index (χ1) is 12.9. The number of nitrogens with one attached hydrogen (secondary N) is 1. The van der Waals surface area contributed by atoms with Gasteiger partial charge >= 0.3 is 0 Å².